The molecule has 0 aromatic heterocycles. The zero-order valence-electron chi connectivity index (χ0n) is 7.39. The molecule has 14 heavy (non-hydrogen) atoms. The van der Waals surface area contributed by atoms with Crippen LogP contribution in [0.2, 0.25) is 0 Å². The molecule has 0 aromatic carbocycles. The number of halogens is 3. The van der Waals surface area contributed by atoms with Crippen LogP contribution in [0.4, 0.5) is 13.2 Å². The third-order valence-corrected chi connectivity index (χ3v) is 2.19. The van der Waals surface area contributed by atoms with E-state index in [9.17, 15) is 21.6 Å². The van der Waals surface area contributed by atoms with Gasteiger partial charge in [-0.15, -0.1) is 11.8 Å². The summed E-state index contributed by atoms with van der Waals surface area (Å²) in [6.45, 7) is 1.07. The van der Waals surface area contributed by atoms with Crippen LogP contribution in [0.25, 0.3) is 0 Å². The second-order valence-electron chi connectivity index (χ2n) is 2.25. The highest BCUT2D eigenvalue weighted by molar-refractivity contribution is 7.87. The summed E-state index contributed by atoms with van der Waals surface area (Å²) in [6, 6.07) is 0. The Labute approximate surface area is 80.4 Å². The molecule has 0 rings (SSSR count). The largest absolute Gasteiger partial charge is 0.523 e. The van der Waals surface area contributed by atoms with E-state index >= 15 is 0 Å². The monoisotopic (exact) mass is 230 g/mol. The maximum absolute atomic E-state index is 11.7. The van der Waals surface area contributed by atoms with Crippen LogP contribution in [0, 0.1) is 11.8 Å². The lowest BCUT2D eigenvalue weighted by atomic mass is 10.3. The predicted molar refractivity (Wildman–Crippen MR) is 43.6 cm³/mol. The molecule has 0 aromatic rings. The van der Waals surface area contributed by atoms with Gasteiger partial charge >= 0.3 is 15.6 Å². The molecule has 0 bridgehead atoms. The van der Waals surface area contributed by atoms with Crippen LogP contribution in [-0.4, -0.2) is 20.5 Å². The Kier molecular flexibility index (Phi) is 4.94. The molecule has 0 heterocycles. The molecule has 0 atom stereocenters. The van der Waals surface area contributed by atoms with Crippen LogP contribution in [-0.2, 0) is 14.3 Å². The minimum atomic E-state index is -5.43. The van der Waals surface area contributed by atoms with E-state index in [2.05, 4.69) is 16.0 Å². The molecular weight excluding hydrogens is 221 g/mol. The number of rotatable bonds is 4. The van der Waals surface area contributed by atoms with Gasteiger partial charge in [-0.1, -0.05) is 0 Å². The van der Waals surface area contributed by atoms with Crippen molar-refractivity contribution in [2.24, 2.45) is 0 Å². The van der Waals surface area contributed by atoms with Gasteiger partial charge in [0, 0.05) is 6.42 Å². The molecule has 0 saturated carbocycles. The van der Waals surface area contributed by atoms with Gasteiger partial charge in [0.05, 0.1) is 6.61 Å². The van der Waals surface area contributed by atoms with Crippen molar-refractivity contribution >= 4 is 10.1 Å². The molecule has 3 nitrogen and oxygen atoms in total. The maximum Gasteiger partial charge on any atom is 0.523 e. The second kappa shape index (κ2) is 5.22. The fourth-order valence-electron chi connectivity index (χ4n) is 0.521. The van der Waals surface area contributed by atoms with E-state index < -0.39 is 22.2 Å². The number of hydrogen-bond donors (Lipinski definition) is 0. The predicted octanol–water partition coefficient (Wildman–Crippen LogP) is 1.66. The summed E-state index contributed by atoms with van der Waals surface area (Å²) in [5, 5.41) is 0. The van der Waals surface area contributed by atoms with Crippen LogP contribution < -0.4 is 0 Å². The molecule has 0 aliphatic heterocycles. The van der Waals surface area contributed by atoms with Crippen molar-refractivity contribution in [2.45, 2.75) is 25.3 Å². The van der Waals surface area contributed by atoms with Crippen LogP contribution in [0.15, 0.2) is 0 Å². The lowest BCUT2D eigenvalue weighted by Gasteiger charge is -2.06. The maximum atomic E-state index is 11.7. The fraction of sp³-hybridized carbons (Fsp3) is 0.714. The molecule has 0 unspecified atom stereocenters. The first-order chi connectivity index (χ1) is 6.31. The van der Waals surface area contributed by atoms with Crippen molar-refractivity contribution in [1.29, 1.82) is 0 Å². The summed E-state index contributed by atoms with van der Waals surface area (Å²) in [6.07, 6.45) is 0.458. The Morgan fingerprint density at radius 3 is 2.36 bits per heavy atom. The molecule has 0 saturated heterocycles. The Morgan fingerprint density at radius 1 is 1.36 bits per heavy atom. The molecule has 0 N–H and O–H groups in total. The smallest absolute Gasteiger partial charge is 0.263 e. The zero-order valence-corrected chi connectivity index (χ0v) is 8.20. The summed E-state index contributed by atoms with van der Waals surface area (Å²) >= 11 is 0. The molecule has 82 valence electrons. The third-order valence-electron chi connectivity index (χ3n) is 1.14. The highest BCUT2D eigenvalue weighted by Crippen LogP contribution is 2.24. The Balaban J connectivity index is 3.95. The van der Waals surface area contributed by atoms with Gasteiger partial charge in [0.1, 0.15) is 0 Å². The van der Waals surface area contributed by atoms with Crippen molar-refractivity contribution < 1.29 is 25.8 Å². The standard InChI is InChI=1S/C7H9F3O3S/c1-2-3-4-5-6-13-14(11,12)7(8,9)10/h4-6H2,1H3. The van der Waals surface area contributed by atoms with Gasteiger partial charge < -0.3 is 0 Å². The Hall–Kier alpha value is -0.740. The van der Waals surface area contributed by atoms with Gasteiger partial charge in [0.2, 0.25) is 0 Å². The lowest BCUT2D eigenvalue weighted by molar-refractivity contribution is -0.0542. The molecular formula is C7H9F3O3S. The van der Waals surface area contributed by atoms with Crippen molar-refractivity contribution in [3.05, 3.63) is 0 Å². The molecule has 0 fully saturated rings. The van der Waals surface area contributed by atoms with Crippen LogP contribution in [0.5, 0.6) is 0 Å². The Bertz CT molecular complexity index is 320. The van der Waals surface area contributed by atoms with Crippen LogP contribution >= 0.6 is 0 Å². The third kappa shape index (κ3) is 4.48. The fourth-order valence-corrected chi connectivity index (χ4v) is 0.992. The molecule has 0 aliphatic carbocycles. The molecule has 0 spiro atoms. The van der Waals surface area contributed by atoms with Gasteiger partial charge in [0.15, 0.2) is 0 Å². The lowest BCUT2D eigenvalue weighted by Crippen LogP contribution is -2.25. The zero-order chi connectivity index (χ0) is 11.2. The summed E-state index contributed by atoms with van der Waals surface area (Å²) in [7, 11) is -5.43. The molecule has 7 heteroatoms. The van der Waals surface area contributed by atoms with Crippen molar-refractivity contribution in [3.8, 4) is 11.8 Å². The Morgan fingerprint density at radius 2 is 1.93 bits per heavy atom. The average molecular weight is 230 g/mol. The first-order valence-corrected chi connectivity index (χ1v) is 5.07. The van der Waals surface area contributed by atoms with Gasteiger partial charge in [-0.05, 0) is 13.3 Å². The SMILES string of the molecule is CC#CCCCOS(=O)(=O)C(F)(F)F. The quantitative estimate of drug-likeness (QED) is 0.319. The van der Waals surface area contributed by atoms with E-state index in [1.165, 1.54) is 0 Å². The summed E-state index contributed by atoms with van der Waals surface area (Å²) in [5.74, 6) is 5.09. The average Bonchev–Trinajstić information content (AvgIpc) is 2.02. The molecule has 0 aliphatic rings. The summed E-state index contributed by atoms with van der Waals surface area (Å²) in [4.78, 5) is 0. The van der Waals surface area contributed by atoms with Gasteiger partial charge in [-0.3, -0.25) is 4.18 Å². The molecule has 0 amide bonds. The van der Waals surface area contributed by atoms with E-state index in [-0.39, 0.29) is 6.42 Å². The van der Waals surface area contributed by atoms with E-state index in [0.29, 0.717) is 6.42 Å². The van der Waals surface area contributed by atoms with Crippen LogP contribution in [0.3, 0.4) is 0 Å². The number of hydrogen-bond acceptors (Lipinski definition) is 3. The van der Waals surface area contributed by atoms with E-state index in [1.807, 2.05) is 0 Å². The molecule has 0 radical (unpaired) electrons. The first-order valence-electron chi connectivity index (χ1n) is 3.66. The summed E-state index contributed by atoms with van der Waals surface area (Å²) < 4.78 is 59.3. The van der Waals surface area contributed by atoms with Crippen molar-refractivity contribution in [3.63, 3.8) is 0 Å². The number of alkyl halides is 3. The van der Waals surface area contributed by atoms with E-state index in [4.69, 9.17) is 0 Å². The van der Waals surface area contributed by atoms with Crippen LogP contribution in [0.1, 0.15) is 19.8 Å². The topological polar surface area (TPSA) is 43.4 Å². The normalized spacial score (nSPS) is 12.0. The van der Waals surface area contributed by atoms with Crippen molar-refractivity contribution in [2.75, 3.05) is 6.61 Å². The highest BCUT2D eigenvalue weighted by atomic mass is 32.2. The van der Waals surface area contributed by atoms with Gasteiger partial charge in [0.25, 0.3) is 0 Å². The first kappa shape index (κ1) is 13.3. The van der Waals surface area contributed by atoms with Crippen molar-refractivity contribution in [1.82, 2.24) is 0 Å². The minimum absolute atomic E-state index is 0.149. The minimum Gasteiger partial charge on any atom is -0.263 e. The van der Waals surface area contributed by atoms with E-state index in [1.54, 1.807) is 6.92 Å². The summed E-state index contributed by atoms with van der Waals surface area (Å²) in [5.41, 5.74) is -5.34. The highest BCUT2D eigenvalue weighted by Gasteiger charge is 2.47. The van der Waals surface area contributed by atoms with Gasteiger partial charge in [-0.25, -0.2) is 0 Å². The second-order valence-corrected chi connectivity index (χ2v) is 3.86. The van der Waals surface area contributed by atoms with Gasteiger partial charge in [-0.2, -0.15) is 21.6 Å². The number of unbranched alkanes of at least 4 members (excludes halogenated alkanes) is 1. The van der Waals surface area contributed by atoms with E-state index in [0.717, 1.165) is 0 Å².